The fourth-order valence-electron chi connectivity index (χ4n) is 1.93. The van der Waals surface area contributed by atoms with Gasteiger partial charge in [0.05, 0.1) is 6.54 Å². The first kappa shape index (κ1) is 13.2. The van der Waals surface area contributed by atoms with Crippen LogP contribution < -0.4 is 0 Å². The summed E-state index contributed by atoms with van der Waals surface area (Å²) in [6.45, 7) is -1.22. The highest BCUT2D eigenvalue weighted by molar-refractivity contribution is 5.26. The average Bonchev–Trinajstić information content (AvgIpc) is 2.52. The molecule has 0 unspecified atom stereocenters. The van der Waals surface area contributed by atoms with Crippen molar-refractivity contribution in [2.45, 2.75) is 17.7 Å². The van der Waals surface area contributed by atoms with E-state index in [-0.39, 0.29) is 0 Å². The predicted octanol–water partition coefficient (Wildman–Crippen LogP) is 2.96. The highest BCUT2D eigenvalue weighted by Crippen LogP contribution is 2.54. The Balaban J connectivity index is 2.54. The van der Waals surface area contributed by atoms with Crippen LogP contribution >= 0.6 is 0 Å². The van der Waals surface area contributed by atoms with Gasteiger partial charge in [0.25, 0.3) is 11.5 Å². The molecule has 1 fully saturated rings. The van der Waals surface area contributed by atoms with E-state index in [9.17, 15) is 22.0 Å². The molecule has 2 rings (SSSR count). The van der Waals surface area contributed by atoms with E-state index in [0.29, 0.717) is 5.06 Å². The Hall–Kier alpha value is -1.21. The van der Waals surface area contributed by atoms with Gasteiger partial charge in [0.15, 0.2) is 0 Å². The van der Waals surface area contributed by atoms with Crippen molar-refractivity contribution < 1.29 is 26.8 Å². The van der Waals surface area contributed by atoms with Crippen LogP contribution in [-0.2, 0) is 10.7 Å². The summed E-state index contributed by atoms with van der Waals surface area (Å²) in [5, 5.41) is 0.514. The molecule has 1 aromatic carbocycles. The second-order valence-corrected chi connectivity index (χ2v) is 4.14. The second kappa shape index (κ2) is 3.89. The molecule has 0 bridgehead atoms. The maximum atomic E-state index is 14.5. The lowest BCUT2D eigenvalue weighted by atomic mass is 9.90. The Morgan fingerprint density at radius 3 is 2.22 bits per heavy atom. The number of nitrogens with zero attached hydrogens (tertiary/aromatic N) is 1. The number of alkyl halides is 5. The summed E-state index contributed by atoms with van der Waals surface area (Å²) < 4.78 is 67.0. The summed E-state index contributed by atoms with van der Waals surface area (Å²) in [5.74, 6) is -3.57. The van der Waals surface area contributed by atoms with Crippen LogP contribution in [0.15, 0.2) is 30.3 Å². The minimum atomic E-state index is -5.37. The van der Waals surface area contributed by atoms with Gasteiger partial charge in [0, 0.05) is 12.6 Å². The molecule has 1 heterocycles. The largest absolute Gasteiger partial charge is 0.430 e. The molecule has 18 heavy (non-hydrogen) atoms. The molecule has 0 aliphatic carbocycles. The minimum Gasteiger partial charge on any atom is -0.250 e. The van der Waals surface area contributed by atoms with Crippen LogP contribution in [0.5, 0.6) is 0 Å². The van der Waals surface area contributed by atoms with Crippen molar-refractivity contribution in [1.82, 2.24) is 5.06 Å². The zero-order chi connectivity index (χ0) is 13.6. The van der Waals surface area contributed by atoms with Gasteiger partial charge in [-0.05, 0) is 0 Å². The molecule has 1 aliphatic rings. The van der Waals surface area contributed by atoms with E-state index in [2.05, 4.69) is 4.84 Å². The second-order valence-electron chi connectivity index (χ2n) is 4.14. The molecule has 0 aromatic heterocycles. The summed E-state index contributed by atoms with van der Waals surface area (Å²) >= 11 is 0. The lowest BCUT2D eigenvalue weighted by Crippen LogP contribution is -2.54. The number of hydrogen-bond donors (Lipinski definition) is 0. The van der Waals surface area contributed by atoms with Crippen LogP contribution in [0.4, 0.5) is 22.0 Å². The zero-order valence-electron chi connectivity index (χ0n) is 9.34. The van der Waals surface area contributed by atoms with Gasteiger partial charge >= 0.3 is 6.18 Å². The quantitative estimate of drug-likeness (QED) is 0.725. The summed E-state index contributed by atoms with van der Waals surface area (Å²) in [6, 6.07) is 6.22. The first-order valence-corrected chi connectivity index (χ1v) is 5.11. The maximum absolute atomic E-state index is 14.5. The van der Waals surface area contributed by atoms with Crippen LogP contribution in [0.3, 0.4) is 0 Å². The Bertz CT molecular complexity index is 437. The molecule has 1 aliphatic heterocycles. The minimum absolute atomic E-state index is 0.505. The number of hydrogen-bond acceptors (Lipinski definition) is 2. The molecule has 0 N–H and O–H groups in total. The van der Waals surface area contributed by atoms with E-state index in [0.717, 1.165) is 19.2 Å². The highest BCUT2D eigenvalue weighted by atomic mass is 19.4. The normalized spacial score (nSPS) is 33.9. The van der Waals surface area contributed by atoms with Crippen molar-refractivity contribution >= 4 is 0 Å². The first-order valence-electron chi connectivity index (χ1n) is 5.11. The van der Waals surface area contributed by atoms with E-state index in [4.69, 9.17) is 0 Å². The summed E-state index contributed by atoms with van der Waals surface area (Å²) in [6.07, 6.45) is -5.37. The van der Waals surface area contributed by atoms with Gasteiger partial charge in [-0.3, -0.25) is 0 Å². The van der Waals surface area contributed by atoms with E-state index in [1.165, 1.54) is 18.2 Å². The van der Waals surface area contributed by atoms with Gasteiger partial charge in [-0.1, -0.05) is 30.3 Å². The molecular weight excluding hydrogens is 257 g/mol. The van der Waals surface area contributed by atoms with Gasteiger partial charge in [-0.2, -0.15) is 18.2 Å². The highest BCUT2D eigenvalue weighted by Gasteiger charge is 2.75. The monoisotopic (exact) mass is 267 g/mol. The fourth-order valence-corrected chi connectivity index (χ4v) is 1.93. The third kappa shape index (κ3) is 1.69. The van der Waals surface area contributed by atoms with E-state index in [1.54, 1.807) is 0 Å². The van der Waals surface area contributed by atoms with Gasteiger partial charge in [0.1, 0.15) is 0 Å². The molecule has 0 amide bonds. The van der Waals surface area contributed by atoms with Gasteiger partial charge in [-0.15, -0.1) is 0 Å². The number of hydroxylamine groups is 2. The van der Waals surface area contributed by atoms with Crippen LogP contribution in [0.2, 0.25) is 0 Å². The zero-order valence-corrected chi connectivity index (χ0v) is 9.34. The number of halogens is 5. The van der Waals surface area contributed by atoms with Gasteiger partial charge < -0.3 is 0 Å². The molecule has 2 nitrogen and oxygen atoms in total. The summed E-state index contributed by atoms with van der Waals surface area (Å²) in [5.41, 5.74) is -4.61. The Labute approximate surface area is 99.9 Å². The van der Waals surface area contributed by atoms with Crippen LogP contribution in [0, 0.1) is 0 Å². The summed E-state index contributed by atoms with van der Waals surface area (Å²) in [4.78, 5) is 4.45. The van der Waals surface area contributed by atoms with Crippen LogP contribution in [-0.4, -0.2) is 30.5 Å². The van der Waals surface area contributed by atoms with Crippen molar-refractivity contribution in [3.63, 3.8) is 0 Å². The van der Waals surface area contributed by atoms with Crippen molar-refractivity contribution in [3.8, 4) is 0 Å². The average molecular weight is 267 g/mol. The molecule has 7 heteroatoms. The molecule has 1 saturated heterocycles. The molecule has 0 spiro atoms. The fraction of sp³-hybridized carbons (Fsp3) is 0.455. The summed E-state index contributed by atoms with van der Waals surface area (Å²) in [7, 11) is 1.05. The maximum Gasteiger partial charge on any atom is 0.430 e. The van der Waals surface area contributed by atoms with Crippen molar-refractivity contribution in [2.75, 3.05) is 13.6 Å². The molecule has 1 aromatic rings. The lowest BCUT2D eigenvalue weighted by molar-refractivity contribution is -0.325. The Morgan fingerprint density at radius 2 is 1.72 bits per heavy atom. The van der Waals surface area contributed by atoms with Gasteiger partial charge in [0.2, 0.25) is 0 Å². The third-order valence-electron chi connectivity index (χ3n) is 2.83. The third-order valence-corrected chi connectivity index (χ3v) is 2.83. The van der Waals surface area contributed by atoms with E-state index >= 15 is 0 Å². The molecule has 0 radical (unpaired) electrons. The molecule has 2 atom stereocenters. The van der Waals surface area contributed by atoms with Crippen molar-refractivity contribution in [2.24, 2.45) is 0 Å². The Morgan fingerprint density at radius 1 is 1.17 bits per heavy atom. The predicted molar refractivity (Wildman–Crippen MR) is 52.8 cm³/mol. The first-order chi connectivity index (χ1) is 8.21. The smallest absolute Gasteiger partial charge is 0.250 e. The van der Waals surface area contributed by atoms with E-state index in [1.807, 2.05) is 0 Å². The number of rotatable bonds is 1. The van der Waals surface area contributed by atoms with Gasteiger partial charge in [-0.25, -0.2) is 13.6 Å². The van der Waals surface area contributed by atoms with Crippen LogP contribution in [0.1, 0.15) is 5.56 Å². The lowest BCUT2D eigenvalue weighted by Gasteiger charge is -2.32. The number of benzene rings is 1. The Kier molecular flexibility index (Phi) is 2.86. The standard InChI is InChI=1S/C11H10F5NO/c1-17-7-9(12,11(14,15)16)10(13,18-17)8-5-3-2-4-6-8/h2-6H,7H2,1H3/t9-,10-/m1/s1. The topological polar surface area (TPSA) is 12.5 Å². The molecule has 100 valence electrons. The molecular formula is C11H10F5NO. The molecule has 0 saturated carbocycles. The van der Waals surface area contributed by atoms with E-state index < -0.39 is 29.8 Å². The van der Waals surface area contributed by atoms with Crippen LogP contribution in [0.25, 0.3) is 0 Å². The SMILES string of the molecule is CN1C[C@](F)(C(F)(F)F)[C@@](F)(c2ccccc2)O1. The van der Waals surface area contributed by atoms with Crippen molar-refractivity contribution in [3.05, 3.63) is 35.9 Å². The van der Waals surface area contributed by atoms with Crippen molar-refractivity contribution in [1.29, 1.82) is 0 Å².